The molecule has 0 amide bonds. The zero-order valence-electron chi connectivity index (χ0n) is 15.8. The quantitative estimate of drug-likeness (QED) is 0.300. The van der Waals surface area contributed by atoms with Gasteiger partial charge in [-0.15, -0.1) is 0 Å². The van der Waals surface area contributed by atoms with Gasteiger partial charge < -0.3 is 4.57 Å². The van der Waals surface area contributed by atoms with Crippen LogP contribution in [0.4, 0.5) is 0 Å². The van der Waals surface area contributed by atoms with Crippen molar-refractivity contribution in [2.45, 2.75) is 110 Å². The third kappa shape index (κ3) is 11.4. The molecule has 0 bridgehead atoms. The maximum Gasteiger partial charge on any atom is 0.0945 e. The Bertz CT molecular complexity index is 332. The van der Waals surface area contributed by atoms with Crippen LogP contribution in [0.25, 0.3) is 0 Å². The molecule has 0 spiro atoms. The molecule has 1 aromatic rings. The predicted molar refractivity (Wildman–Crippen MR) is 102 cm³/mol. The lowest BCUT2D eigenvalue weighted by molar-refractivity contribution is 0.368. The van der Waals surface area contributed by atoms with Crippen LogP contribution in [0.1, 0.15) is 104 Å². The maximum atomic E-state index is 4.16. The third-order valence-corrected chi connectivity index (χ3v) is 4.94. The Kier molecular flexibility index (Phi) is 13.0. The second-order valence-electron chi connectivity index (χ2n) is 7.24. The molecule has 134 valence electrons. The first-order valence-corrected chi connectivity index (χ1v) is 10.3. The normalized spacial score (nSPS) is 12.6. The maximum absolute atomic E-state index is 4.16. The molecule has 2 heteroatoms. The van der Waals surface area contributed by atoms with Crippen LogP contribution in [0.3, 0.4) is 0 Å². The van der Waals surface area contributed by atoms with E-state index in [-0.39, 0.29) is 0 Å². The van der Waals surface area contributed by atoms with Gasteiger partial charge >= 0.3 is 0 Å². The summed E-state index contributed by atoms with van der Waals surface area (Å²) in [7, 11) is 0. The Morgan fingerprint density at radius 2 is 1.35 bits per heavy atom. The van der Waals surface area contributed by atoms with Gasteiger partial charge in [-0.25, -0.2) is 4.98 Å². The summed E-state index contributed by atoms with van der Waals surface area (Å²) in [6.45, 7) is 5.76. The summed E-state index contributed by atoms with van der Waals surface area (Å²) in [4.78, 5) is 4.16. The number of imidazole rings is 1. The summed E-state index contributed by atoms with van der Waals surface area (Å²) in [5.41, 5.74) is 0. The van der Waals surface area contributed by atoms with E-state index in [1.807, 2.05) is 12.5 Å². The van der Waals surface area contributed by atoms with E-state index in [0.29, 0.717) is 0 Å². The fourth-order valence-electron chi connectivity index (χ4n) is 3.53. The molecule has 1 unspecified atom stereocenters. The van der Waals surface area contributed by atoms with E-state index in [1.54, 1.807) is 0 Å². The average Bonchev–Trinajstić information content (AvgIpc) is 3.05. The van der Waals surface area contributed by atoms with Gasteiger partial charge in [-0.1, -0.05) is 90.9 Å². The van der Waals surface area contributed by atoms with Gasteiger partial charge in [0.1, 0.15) is 0 Å². The highest BCUT2D eigenvalue weighted by atomic mass is 15.0. The minimum absolute atomic E-state index is 0.841. The Morgan fingerprint density at radius 3 is 1.87 bits per heavy atom. The molecule has 0 radical (unpaired) electrons. The highest BCUT2D eigenvalue weighted by Gasteiger charge is 2.08. The monoisotopic (exact) mass is 320 g/mol. The zero-order chi connectivity index (χ0) is 16.6. The van der Waals surface area contributed by atoms with Crippen LogP contribution in [-0.4, -0.2) is 9.55 Å². The van der Waals surface area contributed by atoms with Crippen LogP contribution >= 0.6 is 0 Å². The third-order valence-electron chi connectivity index (χ3n) is 4.94. The van der Waals surface area contributed by atoms with Crippen LogP contribution in [0.2, 0.25) is 0 Å². The van der Waals surface area contributed by atoms with Gasteiger partial charge in [-0.2, -0.15) is 0 Å². The number of unbranched alkanes of at least 4 members (excludes halogenated alkanes) is 10. The highest BCUT2D eigenvalue weighted by Crippen LogP contribution is 2.19. The zero-order valence-corrected chi connectivity index (χ0v) is 15.8. The minimum atomic E-state index is 0.841. The lowest BCUT2D eigenvalue weighted by Crippen LogP contribution is -2.09. The lowest BCUT2D eigenvalue weighted by atomic mass is 9.95. The average molecular weight is 321 g/mol. The van der Waals surface area contributed by atoms with Crippen LogP contribution in [-0.2, 0) is 6.54 Å². The number of rotatable bonds is 16. The smallest absolute Gasteiger partial charge is 0.0945 e. The van der Waals surface area contributed by atoms with Crippen molar-refractivity contribution in [3.8, 4) is 0 Å². The van der Waals surface area contributed by atoms with Crippen LogP contribution in [0.5, 0.6) is 0 Å². The van der Waals surface area contributed by atoms with E-state index in [0.717, 1.165) is 12.5 Å². The molecule has 0 saturated heterocycles. The molecule has 0 N–H and O–H groups in total. The number of nitrogens with zero attached hydrogens (tertiary/aromatic N) is 2. The van der Waals surface area contributed by atoms with Gasteiger partial charge in [0, 0.05) is 18.9 Å². The summed E-state index contributed by atoms with van der Waals surface area (Å²) < 4.78 is 2.25. The second-order valence-corrected chi connectivity index (χ2v) is 7.24. The summed E-state index contributed by atoms with van der Waals surface area (Å²) in [6.07, 6.45) is 25.8. The van der Waals surface area contributed by atoms with Crippen molar-refractivity contribution < 1.29 is 0 Å². The molecule has 1 rings (SSSR count). The number of hydrogen-bond acceptors (Lipinski definition) is 1. The molecule has 2 nitrogen and oxygen atoms in total. The lowest BCUT2D eigenvalue weighted by Gasteiger charge is -2.16. The second kappa shape index (κ2) is 14.8. The van der Waals surface area contributed by atoms with Crippen molar-refractivity contribution in [2.75, 3.05) is 0 Å². The van der Waals surface area contributed by atoms with Gasteiger partial charge in [0.15, 0.2) is 0 Å². The first-order chi connectivity index (χ1) is 11.4. The Morgan fingerprint density at radius 1 is 0.739 bits per heavy atom. The van der Waals surface area contributed by atoms with Gasteiger partial charge in [-0.05, 0) is 18.8 Å². The molecule has 0 aromatic carbocycles. The standard InChI is InChI=1S/C21H40N2/c1-3-5-6-7-8-9-10-11-12-13-14-16-21(15-4-2)19-23-18-17-22-20-23/h17-18,20-21H,3-16,19H2,1-2H3. The summed E-state index contributed by atoms with van der Waals surface area (Å²) in [6, 6.07) is 0. The SMILES string of the molecule is CCCCCCCCCCCCCC(CCC)Cn1ccnc1. The van der Waals surface area contributed by atoms with Crippen molar-refractivity contribution in [2.24, 2.45) is 5.92 Å². The summed E-state index contributed by atoms with van der Waals surface area (Å²) >= 11 is 0. The number of hydrogen-bond donors (Lipinski definition) is 0. The van der Waals surface area contributed by atoms with Crippen molar-refractivity contribution in [3.63, 3.8) is 0 Å². The highest BCUT2D eigenvalue weighted by molar-refractivity contribution is 4.75. The summed E-state index contributed by atoms with van der Waals surface area (Å²) in [5.74, 6) is 0.841. The molecule has 0 aliphatic rings. The molecule has 1 heterocycles. The molecule has 1 aromatic heterocycles. The Labute approximate surface area is 145 Å². The molecule has 0 saturated carbocycles. The molecular weight excluding hydrogens is 280 g/mol. The predicted octanol–water partition coefficient (Wildman–Crippen LogP) is 7.00. The van der Waals surface area contributed by atoms with E-state index in [9.17, 15) is 0 Å². The Balaban J connectivity index is 1.93. The van der Waals surface area contributed by atoms with Gasteiger partial charge in [0.25, 0.3) is 0 Å². The van der Waals surface area contributed by atoms with E-state index < -0.39 is 0 Å². The topological polar surface area (TPSA) is 17.8 Å². The first kappa shape index (κ1) is 20.3. The van der Waals surface area contributed by atoms with Crippen molar-refractivity contribution >= 4 is 0 Å². The summed E-state index contributed by atoms with van der Waals surface area (Å²) in [5, 5.41) is 0. The molecule has 23 heavy (non-hydrogen) atoms. The van der Waals surface area contributed by atoms with E-state index in [1.165, 1.54) is 89.9 Å². The van der Waals surface area contributed by atoms with Gasteiger partial charge in [-0.3, -0.25) is 0 Å². The van der Waals surface area contributed by atoms with Gasteiger partial charge in [0.05, 0.1) is 6.33 Å². The van der Waals surface area contributed by atoms with Gasteiger partial charge in [0.2, 0.25) is 0 Å². The van der Waals surface area contributed by atoms with E-state index in [2.05, 4.69) is 29.6 Å². The molecule has 0 aliphatic heterocycles. The fourth-order valence-corrected chi connectivity index (χ4v) is 3.53. The molecule has 0 aliphatic carbocycles. The minimum Gasteiger partial charge on any atom is -0.337 e. The van der Waals surface area contributed by atoms with Crippen LogP contribution < -0.4 is 0 Å². The molecule has 1 atom stereocenters. The van der Waals surface area contributed by atoms with Crippen molar-refractivity contribution in [1.82, 2.24) is 9.55 Å². The first-order valence-electron chi connectivity index (χ1n) is 10.3. The van der Waals surface area contributed by atoms with Crippen LogP contribution in [0.15, 0.2) is 18.7 Å². The Hall–Kier alpha value is -0.790. The molecule has 0 fully saturated rings. The van der Waals surface area contributed by atoms with Crippen LogP contribution in [0, 0.1) is 5.92 Å². The fraction of sp³-hybridized carbons (Fsp3) is 0.857. The number of aromatic nitrogens is 2. The molecular formula is C21H40N2. The van der Waals surface area contributed by atoms with E-state index >= 15 is 0 Å². The van der Waals surface area contributed by atoms with Crippen molar-refractivity contribution in [1.29, 1.82) is 0 Å². The van der Waals surface area contributed by atoms with E-state index in [4.69, 9.17) is 0 Å². The largest absolute Gasteiger partial charge is 0.337 e. The van der Waals surface area contributed by atoms with Crippen molar-refractivity contribution in [3.05, 3.63) is 18.7 Å².